The predicted molar refractivity (Wildman–Crippen MR) is 36.3 cm³/mol. The summed E-state index contributed by atoms with van der Waals surface area (Å²) in [6.07, 6.45) is 1.24. The second-order valence-corrected chi connectivity index (χ2v) is 2.23. The van der Waals surface area contributed by atoms with E-state index < -0.39 is 0 Å². The van der Waals surface area contributed by atoms with Crippen molar-refractivity contribution >= 4 is 11.6 Å². The van der Waals surface area contributed by atoms with Crippen LogP contribution in [0.5, 0.6) is 0 Å². The van der Waals surface area contributed by atoms with E-state index >= 15 is 0 Å². The lowest BCUT2D eigenvalue weighted by Gasteiger charge is -1.98. The van der Waals surface area contributed by atoms with Crippen molar-refractivity contribution in [3.63, 3.8) is 0 Å². The van der Waals surface area contributed by atoms with Crippen LogP contribution in [0.25, 0.3) is 0 Å². The summed E-state index contributed by atoms with van der Waals surface area (Å²) in [5.74, 6) is 0. The van der Waals surface area contributed by atoms with E-state index in [4.69, 9.17) is 16.7 Å². The molecule has 0 bridgehead atoms. The fourth-order valence-corrected chi connectivity index (χ4v) is 0.710. The van der Waals surface area contributed by atoms with Crippen molar-refractivity contribution in [2.45, 2.75) is 6.61 Å². The molecule has 0 amide bonds. The highest BCUT2D eigenvalue weighted by Gasteiger charge is 2.00. The lowest BCUT2D eigenvalue weighted by atomic mass is 10.3. The number of pyridine rings is 1. The van der Waals surface area contributed by atoms with Crippen LogP contribution >= 0.6 is 11.6 Å². The minimum atomic E-state index is -0.139. The molecule has 1 heterocycles. The van der Waals surface area contributed by atoms with Crippen molar-refractivity contribution in [1.29, 1.82) is 0 Å². The van der Waals surface area contributed by atoms with Crippen molar-refractivity contribution in [2.24, 2.45) is 0 Å². The van der Waals surface area contributed by atoms with Gasteiger partial charge in [0, 0.05) is 11.6 Å². The minimum Gasteiger partial charge on any atom is -0.618 e. The third kappa shape index (κ3) is 1.37. The molecule has 0 saturated carbocycles. The molecule has 0 aliphatic carbocycles. The van der Waals surface area contributed by atoms with Gasteiger partial charge in [-0.1, -0.05) is 0 Å². The second-order valence-electron chi connectivity index (χ2n) is 1.84. The van der Waals surface area contributed by atoms with E-state index in [1.165, 1.54) is 12.3 Å². The summed E-state index contributed by atoms with van der Waals surface area (Å²) < 4.78 is 0.507. The third-order valence-corrected chi connectivity index (χ3v) is 1.40. The molecule has 1 N–H and O–H groups in total. The average molecular weight is 160 g/mol. The highest BCUT2D eigenvalue weighted by molar-refractivity contribution is 6.28. The highest BCUT2D eigenvalue weighted by Crippen LogP contribution is 2.02. The van der Waals surface area contributed by atoms with Gasteiger partial charge in [0.15, 0.2) is 6.20 Å². The number of aromatic nitrogens is 1. The summed E-state index contributed by atoms with van der Waals surface area (Å²) >= 11 is 5.41. The van der Waals surface area contributed by atoms with E-state index in [2.05, 4.69) is 0 Å². The second kappa shape index (κ2) is 2.86. The molecule has 4 heteroatoms. The topological polar surface area (TPSA) is 47.2 Å². The van der Waals surface area contributed by atoms with Crippen LogP contribution < -0.4 is 4.73 Å². The van der Waals surface area contributed by atoms with Gasteiger partial charge >= 0.3 is 0 Å². The SMILES string of the molecule is [O-][n+]1cc(CO)ccc1Cl. The lowest BCUT2D eigenvalue weighted by molar-refractivity contribution is -0.603. The monoisotopic (exact) mass is 159 g/mol. The van der Waals surface area contributed by atoms with E-state index in [9.17, 15) is 5.21 Å². The number of halogens is 1. The predicted octanol–water partition coefficient (Wildman–Crippen LogP) is 0.466. The van der Waals surface area contributed by atoms with Crippen LogP contribution in [0.2, 0.25) is 5.15 Å². The van der Waals surface area contributed by atoms with Gasteiger partial charge in [-0.15, -0.1) is 0 Å². The Morgan fingerprint density at radius 3 is 2.80 bits per heavy atom. The quantitative estimate of drug-likeness (QED) is 0.368. The molecule has 0 spiro atoms. The molecular weight excluding hydrogens is 154 g/mol. The number of hydrogen-bond donors (Lipinski definition) is 1. The van der Waals surface area contributed by atoms with E-state index in [0.29, 0.717) is 10.3 Å². The summed E-state index contributed by atoms with van der Waals surface area (Å²) in [6, 6.07) is 3.04. The fourth-order valence-electron chi connectivity index (χ4n) is 0.598. The molecule has 1 aromatic rings. The molecule has 1 aromatic heterocycles. The van der Waals surface area contributed by atoms with E-state index in [-0.39, 0.29) is 11.8 Å². The molecule has 0 aromatic carbocycles. The van der Waals surface area contributed by atoms with Crippen molar-refractivity contribution < 1.29 is 9.84 Å². The molecule has 1 rings (SSSR count). The fraction of sp³-hybridized carbons (Fsp3) is 0.167. The van der Waals surface area contributed by atoms with Crippen LogP contribution in [-0.4, -0.2) is 5.11 Å². The zero-order valence-electron chi connectivity index (χ0n) is 5.12. The molecule has 0 aliphatic heterocycles. The largest absolute Gasteiger partial charge is 0.618 e. The van der Waals surface area contributed by atoms with E-state index in [0.717, 1.165) is 0 Å². The standard InChI is InChI=1S/C6H6ClNO2/c7-6-2-1-5(4-9)3-8(6)10/h1-3,9H,4H2. The van der Waals surface area contributed by atoms with Gasteiger partial charge in [-0.3, -0.25) is 0 Å². The Morgan fingerprint density at radius 1 is 1.60 bits per heavy atom. The molecule has 0 atom stereocenters. The van der Waals surface area contributed by atoms with Crippen molar-refractivity contribution in [3.05, 3.63) is 34.3 Å². The first-order chi connectivity index (χ1) is 4.74. The van der Waals surface area contributed by atoms with Gasteiger partial charge < -0.3 is 10.3 Å². The van der Waals surface area contributed by atoms with Gasteiger partial charge in [0.1, 0.15) is 0 Å². The van der Waals surface area contributed by atoms with Gasteiger partial charge in [0.25, 0.3) is 5.15 Å². The average Bonchev–Trinajstić information content (AvgIpc) is 1.95. The Balaban J connectivity index is 3.04. The minimum absolute atomic E-state index is 0.109. The van der Waals surface area contributed by atoms with Gasteiger partial charge in [-0.05, 0) is 17.7 Å². The molecule has 10 heavy (non-hydrogen) atoms. The molecule has 0 fully saturated rings. The number of nitrogens with zero attached hydrogens (tertiary/aromatic N) is 1. The maximum Gasteiger partial charge on any atom is 0.286 e. The van der Waals surface area contributed by atoms with Crippen LogP contribution in [-0.2, 0) is 6.61 Å². The Morgan fingerprint density at radius 2 is 2.30 bits per heavy atom. The van der Waals surface area contributed by atoms with Crippen LogP contribution in [0.3, 0.4) is 0 Å². The lowest BCUT2D eigenvalue weighted by Crippen LogP contribution is -2.27. The third-order valence-electron chi connectivity index (χ3n) is 1.11. The van der Waals surface area contributed by atoms with Crippen molar-refractivity contribution in [3.8, 4) is 0 Å². The van der Waals surface area contributed by atoms with Crippen LogP contribution in [0, 0.1) is 5.21 Å². The summed E-state index contributed by atoms with van der Waals surface area (Å²) in [6.45, 7) is -0.139. The Labute approximate surface area is 63.1 Å². The number of rotatable bonds is 1. The zero-order valence-corrected chi connectivity index (χ0v) is 5.88. The van der Waals surface area contributed by atoms with Gasteiger partial charge in [0.05, 0.1) is 6.61 Å². The first-order valence-corrected chi connectivity index (χ1v) is 3.10. The van der Waals surface area contributed by atoms with Crippen LogP contribution in [0.4, 0.5) is 0 Å². The molecule has 0 radical (unpaired) electrons. The van der Waals surface area contributed by atoms with Crippen LogP contribution in [0.1, 0.15) is 5.56 Å². The number of aliphatic hydroxyl groups excluding tert-OH is 1. The number of aliphatic hydroxyl groups is 1. The Hall–Kier alpha value is -0.800. The number of hydrogen-bond acceptors (Lipinski definition) is 2. The van der Waals surface area contributed by atoms with Gasteiger partial charge in [0.2, 0.25) is 0 Å². The molecule has 54 valence electrons. The van der Waals surface area contributed by atoms with Crippen molar-refractivity contribution in [2.75, 3.05) is 0 Å². The maximum absolute atomic E-state index is 10.7. The first-order valence-electron chi connectivity index (χ1n) is 2.72. The Kier molecular flexibility index (Phi) is 2.09. The van der Waals surface area contributed by atoms with E-state index in [1.807, 2.05) is 0 Å². The van der Waals surface area contributed by atoms with E-state index in [1.54, 1.807) is 6.07 Å². The van der Waals surface area contributed by atoms with Gasteiger partial charge in [-0.2, -0.15) is 4.73 Å². The first kappa shape index (κ1) is 7.31. The normalized spacial score (nSPS) is 9.80. The summed E-state index contributed by atoms with van der Waals surface area (Å²) in [7, 11) is 0. The summed E-state index contributed by atoms with van der Waals surface area (Å²) in [5, 5.41) is 19.3. The molecular formula is C6H6ClNO2. The summed E-state index contributed by atoms with van der Waals surface area (Å²) in [4.78, 5) is 0. The zero-order chi connectivity index (χ0) is 7.56. The molecule has 0 unspecified atom stereocenters. The van der Waals surface area contributed by atoms with Crippen molar-refractivity contribution in [1.82, 2.24) is 0 Å². The highest BCUT2D eigenvalue weighted by atomic mass is 35.5. The van der Waals surface area contributed by atoms with Crippen LogP contribution in [0.15, 0.2) is 18.3 Å². The maximum atomic E-state index is 10.7. The smallest absolute Gasteiger partial charge is 0.286 e. The summed E-state index contributed by atoms with van der Waals surface area (Å²) in [5.41, 5.74) is 0.555. The molecule has 3 nitrogen and oxygen atoms in total. The Bertz CT molecular complexity index is 239. The molecule has 0 aliphatic rings. The molecule has 0 saturated heterocycles. The van der Waals surface area contributed by atoms with Gasteiger partial charge in [-0.25, -0.2) is 0 Å².